The summed E-state index contributed by atoms with van der Waals surface area (Å²) in [7, 11) is 0. The number of aromatic nitrogens is 1. The first-order valence-electron chi connectivity index (χ1n) is 6.86. The van der Waals surface area contributed by atoms with E-state index in [9.17, 15) is 4.79 Å². The van der Waals surface area contributed by atoms with Gasteiger partial charge in [-0.15, -0.1) is 0 Å². The predicted octanol–water partition coefficient (Wildman–Crippen LogP) is 2.84. The Hall–Kier alpha value is -1.76. The molecule has 21 heavy (non-hydrogen) atoms. The number of amides is 1. The predicted molar refractivity (Wildman–Crippen MR) is 80.7 cm³/mol. The fourth-order valence-corrected chi connectivity index (χ4v) is 3.71. The summed E-state index contributed by atoms with van der Waals surface area (Å²) in [6.45, 7) is 3.29. The summed E-state index contributed by atoms with van der Waals surface area (Å²) in [6, 6.07) is 4.65. The van der Waals surface area contributed by atoms with Gasteiger partial charge in [-0.25, -0.2) is 4.79 Å². The summed E-state index contributed by atoms with van der Waals surface area (Å²) in [5.41, 5.74) is 2.67. The molecule has 0 radical (unpaired) electrons. The van der Waals surface area contributed by atoms with Gasteiger partial charge >= 0.3 is 6.09 Å². The molecule has 1 amide bonds. The van der Waals surface area contributed by atoms with E-state index < -0.39 is 6.09 Å². The minimum Gasteiger partial charge on any atom is -0.465 e. The first-order chi connectivity index (χ1) is 10.0. The number of hydrogen-bond acceptors (Lipinski definition) is 4. The molecule has 1 aromatic carbocycles. The Morgan fingerprint density at radius 2 is 2.14 bits per heavy atom. The van der Waals surface area contributed by atoms with Crippen LogP contribution >= 0.6 is 15.9 Å². The van der Waals surface area contributed by atoms with Crippen molar-refractivity contribution in [3.63, 3.8) is 0 Å². The summed E-state index contributed by atoms with van der Waals surface area (Å²) >= 11 is 3.48. The van der Waals surface area contributed by atoms with E-state index in [0.717, 1.165) is 27.6 Å². The normalized spacial score (nSPS) is 24.3. The van der Waals surface area contributed by atoms with Gasteiger partial charge in [0.1, 0.15) is 5.52 Å². The van der Waals surface area contributed by atoms with E-state index in [1.807, 2.05) is 24.0 Å². The molecule has 110 valence electrons. The van der Waals surface area contributed by atoms with Gasteiger partial charge in [-0.3, -0.25) is 4.90 Å². The number of carbonyl (C=O) groups is 1. The second kappa shape index (κ2) is 4.37. The molecule has 2 bridgehead atoms. The van der Waals surface area contributed by atoms with Crippen molar-refractivity contribution in [3.8, 4) is 0 Å². The van der Waals surface area contributed by atoms with Crippen LogP contribution in [0.2, 0.25) is 0 Å². The molecule has 3 fully saturated rings. The smallest absolute Gasteiger partial charge is 0.407 e. The average Bonchev–Trinajstić information content (AvgIpc) is 2.89. The van der Waals surface area contributed by atoms with Crippen LogP contribution in [0.1, 0.15) is 12.0 Å². The van der Waals surface area contributed by atoms with Gasteiger partial charge in [0, 0.05) is 13.1 Å². The fraction of sp³-hybridized carbons (Fsp3) is 0.429. The van der Waals surface area contributed by atoms with Gasteiger partial charge in [0.2, 0.25) is 0 Å². The zero-order chi connectivity index (χ0) is 14.7. The van der Waals surface area contributed by atoms with Gasteiger partial charge in [-0.1, -0.05) is 6.07 Å². The van der Waals surface area contributed by atoms with Crippen LogP contribution in [0.4, 0.5) is 10.8 Å². The molecule has 1 aromatic heterocycles. The zero-order valence-electron chi connectivity index (χ0n) is 11.4. The van der Waals surface area contributed by atoms with Gasteiger partial charge < -0.3 is 14.4 Å². The highest BCUT2D eigenvalue weighted by atomic mass is 79.9. The molecule has 5 rings (SSSR count). The number of benzene rings is 1. The van der Waals surface area contributed by atoms with Crippen molar-refractivity contribution in [1.29, 1.82) is 0 Å². The lowest BCUT2D eigenvalue weighted by Gasteiger charge is -2.54. The number of oxazole rings is 1. The molecule has 3 saturated heterocycles. The third-order valence-electron chi connectivity index (χ3n) is 4.37. The molecular weight excluding hydrogens is 338 g/mol. The van der Waals surface area contributed by atoms with Gasteiger partial charge in [0.25, 0.3) is 6.01 Å². The van der Waals surface area contributed by atoms with Gasteiger partial charge in [-0.05, 0) is 40.9 Å². The number of rotatable bonds is 1. The Labute approximate surface area is 129 Å². The van der Waals surface area contributed by atoms with Crippen molar-refractivity contribution in [1.82, 2.24) is 9.88 Å². The molecule has 1 N–H and O–H groups in total. The molecule has 6 nitrogen and oxygen atoms in total. The summed E-state index contributed by atoms with van der Waals surface area (Å²) in [4.78, 5) is 19.3. The maximum atomic E-state index is 11.1. The third kappa shape index (κ3) is 1.83. The first-order valence-corrected chi connectivity index (χ1v) is 7.65. The Bertz CT molecular complexity index is 693. The Morgan fingerprint density at radius 3 is 2.76 bits per heavy atom. The highest BCUT2D eigenvalue weighted by molar-refractivity contribution is 9.10. The summed E-state index contributed by atoms with van der Waals surface area (Å²) in [5.74, 6) is 0. The molecule has 0 spiro atoms. The number of hydrogen-bond donors (Lipinski definition) is 1. The minimum atomic E-state index is -0.827. The van der Waals surface area contributed by atoms with E-state index in [1.165, 1.54) is 0 Å². The minimum absolute atomic E-state index is 0.0563. The fourth-order valence-electron chi connectivity index (χ4n) is 3.30. The third-order valence-corrected chi connectivity index (χ3v) is 5.00. The summed E-state index contributed by atoms with van der Waals surface area (Å²) < 4.78 is 6.77. The van der Waals surface area contributed by atoms with E-state index in [4.69, 9.17) is 9.52 Å². The zero-order valence-corrected chi connectivity index (χ0v) is 13.0. The Kier molecular flexibility index (Phi) is 2.69. The number of carboxylic acid groups (broad SMARTS) is 1. The molecule has 3 aliphatic rings. The lowest BCUT2D eigenvalue weighted by atomic mass is 9.88. The second-order valence-electron chi connectivity index (χ2n) is 5.68. The van der Waals surface area contributed by atoms with E-state index in [0.29, 0.717) is 19.1 Å². The maximum absolute atomic E-state index is 11.1. The van der Waals surface area contributed by atoms with Crippen LogP contribution in [0.3, 0.4) is 0 Å². The number of halogens is 1. The average molecular weight is 352 g/mol. The molecule has 7 heteroatoms. The van der Waals surface area contributed by atoms with Crippen molar-refractivity contribution < 1.29 is 14.3 Å². The van der Waals surface area contributed by atoms with Gasteiger partial charge in [-0.2, -0.15) is 4.98 Å². The number of nitrogens with zero attached hydrogens (tertiary/aromatic N) is 3. The van der Waals surface area contributed by atoms with E-state index in [-0.39, 0.29) is 12.1 Å². The maximum Gasteiger partial charge on any atom is 0.407 e. The molecule has 3 aliphatic heterocycles. The second-order valence-corrected chi connectivity index (χ2v) is 6.53. The molecular formula is C14H14BrN3O3. The standard InChI is InChI=1S/C14H14BrN3O3/c1-7-2-3-10(15)12-11(7)16-13(21-12)17-5-8-4-9(6-17)18(8)14(19)20/h2-3,8-9H,4-6H2,1H3,(H,19,20). The monoisotopic (exact) mass is 351 g/mol. The molecule has 0 saturated carbocycles. The molecule has 0 aliphatic carbocycles. The number of fused-ring (bicyclic) bond motifs is 3. The number of aryl methyl sites for hydroxylation is 1. The van der Waals surface area contributed by atoms with Crippen molar-refractivity contribution in [2.24, 2.45) is 0 Å². The Balaban J connectivity index is 1.66. The van der Waals surface area contributed by atoms with Crippen molar-refractivity contribution in [2.45, 2.75) is 25.4 Å². The van der Waals surface area contributed by atoms with Crippen LogP contribution in [0.25, 0.3) is 11.1 Å². The van der Waals surface area contributed by atoms with Crippen LogP contribution in [0.15, 0.2) is 21.0 Å². The quantitative estimate of drug-likeness (QED) is 0.855. The topological polar surface area (TPSA) is 69.8 Å². The van der Waals surface area contributed by atoms with Crippen LogP contribution in [0, 0.1) is 6.92 Å². The summed E-state index contributed by atoms with van der Waals surface area (Å²) in [6.07, 6.45) is 0.109. The largest absolute Gasteiger partial charge is 0.465 e. The lowest BCUT2D eigenvalue weighted by Crippen LogP contribution is -2.70. The lowest BCUT2D eigenvalue weighted by molar-refractivity contribution is 0.0101. The van der Waals surface area contributed by atoms with E-state index >= 15 is 0 Å². The van der Waals surface area contributed by atoms with Gasteiger partial charge in [0.05, 0.1) is 16.6 Å². The van der Waals surface area contributed by atoms with Crippen LogP contribution in [-0.2, 0) is 0 Å². The van der Waals surface area contributed by atoms with Crippen LogP contribution in [0.5, 0.6) is 0 Å². The highest BCUT2D eigenvalue weighted by Gasteiger charge is 2.48. The van der Waals surface area contributed by atoms with E-state index in [2.05, 4.69) is 20.9 Å². The van der Waals surface area contributed by atoms with Gasteiger partial charge in [0.15, 0.2) is 5.58 Å². The SMILES string of the molecule is Cc1ccc(Br)c2oc(N3CC4CC(C3)N4C(=O)O)nc12. The summed E-state index contributed by atoms with van der Waals surface area (Å²) in [5, 5.41) is 9.15. The first kappa shape index (κ1) is 12.9. The highest BCUT2D eigenvalue weighted by Crippen LogP contribution is 2.36. The van der Waals surface area contributed by atoms with Crippen LogP contribution < -0.4 is 4.90 Å². The van der Waals surface area contributed by atoms with Crippen molar-refractivity contribution in [3.05, 3.63) is 22.2 Å². The Morgan fingerprint density at radius 1 is 1.43 bits per heavy atom. The van der Waals surface area contributed by atoms with E-state index in [1.54, 1.807) is 4.90 Å². The van der Waals surface area contributed by atoms with Crippen molar-refractivity contribution >= 4 is 39.1 Å². The molecule has 2 aromatic rings. The van der Waals surface area contributed by atoms with Crippen LogP contribution in [-0.4, -0.2) is 46.3 Å². The molecule has 4 heterocycles. The number of anilines is 1. The molecule has 2 atom stereocenters. The number of piperidine rings is 1. The number of piperazine rings is 1. The van der Waals surface area contributed by atoms with Crippen molar-refractivity contribution in [2.75, 3.05) is 18.0 Å². The molecule has 2 unspecified atom stereocenters.